The molecule has 2 atom stereocenters. The van der Waals surface area contributed by atoms with Gasteiger partial charge < -0.3 is 27.9 Å². The monoisotopic (exact) mass is 900 g/mol. The SMILES string of the molecule is CCCCCCCCCCCCCCCCCCCC/C=C/CCCC(=O)OC[C@@H](COP(=O)([O-])OCC[N+](C)(C)C)OC(=O)CCCCCCCCCCCCCCCCC. The van der Waals surface area contributed by atoms with Gasteiger partial charge in [0.1, 0.15) is 19.8 Å². The van der Waals surface area contributed by atoms with Crippen LogP contribution in [0.1, 0.15) is 258 Å². The van der Waals surface area contributed by atoms with Crippen LogP contribution in [0.5, 0.6) is 0 Å². The second kappa shape index (κ2) is 44.9. The van der Waals surface area contributed by atoms with E-state index in [-0.39, 0.29) is 26.1 Å². The van der Waals surface area contributed by atoms with Crippen molar-refractivity contribution in [3.63, 3.8) is 0 Å². The van der Waals surface area contributed by atoms with Gasteiger partial charge in [0.05, 0.1) is 27.7 Å². The minimum atomic E-state index is -4.63. The van der Waals surface area contributed by atoms with Gasteiger partial charge in [-0.3, -0.25) is 14.2 Å². The van der Waals surface area contributed by atoms with Gasteiger partial charge in [0, 0.05) is 12.8 Å². The maximum Gasteiger partial charge on any atom is 0.306 e. The molecule has 0 radical (unpaired) electrons. The second-order valence-electron chi connectivity index (χ2n) is 19.2. The third-order valence-corrected chi connectivity index (χ3v) is 12.7. The Morgan fingerprint density at radius 3 is 1.24 bits per heavy atom. The molecule has 368 valence electrons. The molecule has 0 aliphatic heterocycles. The molecule has 0 aromatic carbocycles. The van der Waals surface area contributed by atoms with E-state index in [1.807, 2.05) is 21.1 Å². The van der Waals surface area contributed by atoms with Crippen molar-refractivity contribution in [1.82, 2.24) is 0 Å². The van der Waals surface area contributed by atoms with Crippen LogP contribution in [0.3, 0.4) is 0 Å². The number of hydrogen-bond donors (Lipinski definition) is 0. The second-order valence-corrected chi connectivity index (χ2v) is 20.7. The molecule has 0 N–H and O–H groups in total. The molecule has 0 aromatic heterocycles. The molecule has 0 aliphatic carbocycles. The van der Waals surface area contributed by atoms with Crippen LogP contribution in [0.2, 0.25) is 0 Å². The lowest BCUT2D eigenvalue weighted by molar-refractivity contribution is -0.870. The lowest BCUT2D eigenvalue weighted by atomic mass is 10.0. The molecule has 0 bridgehead atoms. The molecule has 0 spiro atoms. The van der Waals surface area contributed by atoms with Crippen LogP contribution in [0, 0.1) is 0 Å². The fourth-order valence-electron chi connectivity index (χ4n) is 7.66. The van der Waals surface area contributed by atoms with Gasteiger partial charge in [-0.25, -0.2) is 0 Å². The third kappa shape index (κ3) is 48.2. The Bertz CT molecular complexity index is 1060. The summed E-state index contributed by atoms with van der Waals surface area (Å²) in [6.07, 6.45) is 49.7. The number of phosphoric acid groups is 1. The van der Waals surface area contributed by atoms with Crippen molar-refractivity contribution < 1.29 is 42.1 Å². The highest BCUT2D eigenvalue weighted by Crippen LogP contribution is 2.38. The fourth-order valence-corrected chi connectivity index (χ4v) is 8.39. The number of unbranched alkanes of at least 4 members (excludes halogenated alkanes) is 33. The van der Waals surface area contributed by atoms with Gasteiger partial charge in [-0.05, 0) is 32.1 Å². The zero-order chi connectivity index (χ0) is 45.7. The number of likely N-dealkylation sites (N-methyl/N-ethyl adjacent to an activating group) is 1. The number of phosphoric ester groups is 1. The maximum absolute atomic E-state index is 12.7. The van der Waals surface area contributed by atoms with Gasteiger partial charge in [0.15, 0.2) is 6.10 Å². The Morgan fingerprint density at radius 2 is 0.839 bits per heavy atom. The van der Waals surface area contributed by atoms with Crippen molar-refractivity contribution in [3.05, 3.63) is 12.2 Å². The molecule has 0 heterocycles. The van der Waals surface area contributed by atoms with E-state index in [1.165, 1.54) is 193 Å². The summed E-state index contributed by atoms with van der Waals surface area (Å²) in [4.78, 5) is 37.7. The van der Waals surface area contributed by atoms with Gasteiger partial charge >= 0.3 is 11.9 Å². The lowest BCUT2D eigenvalue weighted by Gasteiger charge is -2.28. The first kappa shape index (κ1) is 60.8. The molecule has 0 fully saturated rings. The topological polar surface area (TPSA) is 111 Å². The van der Waals surface area contributed by atoms with E-state index in [9.17, 15) is 19.0 Å². The Labute approximate surface area is 384 Å². The summed E-state index contributed by atoms with van der Waals surface area (Å²) in [6.45, 7) is 4.25. The average Bonchev–Trinajstić information content (AvgIpc) is 3.23. The largest absolute Gasteiger partial charge is 0.756 e. The van der Waals surface area contributed by atoms with Crippen LogP contribution in [-0.2, 0) is 32.7 Å². The van der Waals surface area contributed by atoms with Gasteiger partial charge in [0.2, 0.25) is 0 Å². The first-order valence-electron chi connectivity index (χ1n) is 26.4. The van der Waals surface area contributed by atoms with Crippen LogP contribution in [0.15, 0.2) is 12.2 Å². The molecular weight excluding hydrogens is 798 g/mol. The standard InChI is InChI=1S/C52H102NO8P/c1-6-8-10-12-14-16-18-20-22-23-24-25-26-27-28-29-31-32-34-36-38-40-42-44-51(54)58-48-50(49-60-62(56,57)59-47-46-53(3,4)5)61-52(55)45-43-41-39-37-35-33-30-21-19-17-15-13-11-9-7-2/h36,38,50H,6-35,37,39-49H2,1-5H3/b38-36+/t50-/m0/s1. The number of hydrogen-bond acceptors (Lipinski definition) is 8. The number of carbonyl (C=O) groups is 2. The Kier molecular flexibility index (Phi) is 44.0. The third-order valence-electron chi connectivity index (χ3n) is 11.8. The molecular formula is C52H102NO8P. The zero-order valence-corrected chi connectivity index (χ0v) is 42.5. The minimum absolute atomic E-state index is 0.0308. The molecule has 10 heteroatoms. The van der Waals surface area contributed by atoms with Crippen molar-refractivity contribution in [2.24, 2.45) is 0 Å². The van der Waals surface area contributed by atoms with E-state index in [1.54, 1.807) is 0 Å². The van der Waals surface area contributed by atoms with Crippen molar-refractivity contribution in [2.75, 3.05) is 47.5 Å². The summed E-state index contributed by atoms with van der Waals surface area (Å²) < 4.78 is 34.0. The quantitative estimate of drug-likeness (QED) is 0.0195. The van der Waals surface area contributed by atoms with E-state index in [4.69, 9.17) is 18.5 Å². The first-order valence-corrected chi connectivity index (χ1v) is 27.9. The van der Waals surface area contributed by atoms with Gasteiger partial charge in [-0.1, -0.05) is 225 Å². The van der Waals surface area contributed by atoms with Gasteiger partial charge in [-0.2, -0.15) is 0 Å². The van der Waals surface area contributed by atoms with Crippen LogP contribution in [0.4, 0.5) is 0 Å². The Balaban J connectivity index is 4.19. The van der Waals surface area contributed by atoms with Crippen molar-refractivity contribution >= 4 is 19.8 Å². The summed E-state index contributed by atoms with van der Waals surface area (Å²) in [5, 5.41) is 0. The van der Waals surface area contributed by atoms with E-state index >= 15 is 0 Å². The summed E-state index contributed by atoms with van der Waals surface area (Å²) in [7, 11) is 1.17. The maximum atomic E-state index is 12.7. The molecule has 62 heavy (non-hydrogen) atoms. The summed E-state index contributed by atoms with van der Waals surface area (Å²) >= 11 is 0. The van der Waals surface area contributed by atoms with E-state index in [2.05, 4.69) is 26.0 Å². The predicted octanol–water partition coefficient (Wildman–Crippen LogP) is 15.1. The minimum Gasteiger partial charge on any atom is -0.756 e. The van der Waals surface area contributed by atoms with E-state index in [0.717, 1.165) is 25.7 Å². The fraction of sp³-hybridized carbons (Fsp3) is 0.923. The summed E-state index contributed by atoms with van der Waals surface area (Å²) in [6, 6.07) is 0. The molecule has 0 rings (SSSR count). The Hall–Kier alpha value is -1.25. The van der Waals surface area contributed by atoms with Crippen LogP contribution < -0.4 is 4.89 Å². The molecule has 0 aliphatic rings. The highest BCUT2D eigenvalue weighted by atomic mass is 31.2. The van der Waals surface area contributed by atoms with Crippen molar-refractivity contribution in [2.45, 2.75) is 264 Å². The molecule has 0 saturated carbocycles. The molecule has 0 amide bonds. The molecule has 9 nitrogen and oxygen atoms in total. The molecule has 0 aromatic rings. The van der Waals surface area contributed by atoms with Crippen LogP contribution in [0.25, 0.3) is 0 Å². The van der Waals surface area contributed by atoms with Crippen molar-refractivity contribution in [1.29, 1.82) is 0 Å². The highest BCUT2D eigenvalue weighted by molar-refractivity contribution is 7.45. The molecule has 1 unspecified atom stereocenters. The number of rotatable bonds is 49. The van der Waals surface area contributed by atoms with Crippen LogP contribution in [-0.4, -0.2) is 70.0 Å². The zero-order valence-electron chi connectivity index (χ0n) is 41.6. The van der Waals surface area contributed by atoms with Crippen LogP contribution >= 0.6 is 7.82 Å². The lowest BCUT2D eigenvalue weighted by Crippen LogP contribution is -2.37. The normalized spacial score (nSPS) is 13.5. The van der Waals surface area contributed by atoms with Gasteiger partial charge in [-0.15, -0.1) is 0 Å². The number of allylic oxidation sites excluding steroid dienone is 2. The Morgan fingerprint density at radius 1 is 0.484 bits per heavy atom. The smallest absolute Gasteiger partial charge is 0.306 e. The predicted molar refractivity (Wildman–Crippen MR) is 259 cm³/mol. The number of ether oxygens (including phenoxy) is 2. The molecule has 0 saturated heterocycles. The number of esters is 2. The van der Waals surface area contributed by atoms with Crippen molar-refractivity contribution in [3.8, 4) is 0 Å². The highest BCUT2D eigenvalue weighted by Gasteiger charge is 2.21. The summed E-state index contributed by atoms with van der Waals surface area (Å²) in [5.74, 6) is -0.856. The first-order chi connectivity index (χ1) is 30.0. The average molecular weight is 900 g/mol. The van der Waals surface area contributed by atoms with E-state index in [0.29, 0.717) is 23.9 Å². The van der Waals surface area contributed by atoms with Gasteiger partial charge in [0.25, 0.3) is 7.82 Å². The number of carbonyl (C=O) groups excluding carboxylic acids is 2. The summed E-state index contributed by atoms with van der Waals surface area (Å²) in [5.41, 5.74) is 0. The number of nitrogens with zero attached hydrogens (tertiary/aromatic N) is 1. The number of quaternary nitrogens is 1. The van der Waals surface area contributed by atoms with E-state index < -0.39 is 32.5 Å².